The number of amides is 1. The Hall–Kier alpha value is -0.620. The predicted molar refractivity (Wildman–Crippen MR) is 77.1 cm³/mol. The van der Waals surface area contributed by atoms with Gasteiger partial charge in [-0.1, -0.05) is 27.5 Å². The molecule has 0 unspecified atom stereocenters. The SMILES string of the molecule is O=C(CN1CCNCC1)Nc1ccc(Br)cc1Cl. The lowest BCUT2D eigenvalue weighted by Gasteiger charge is -2.26. The molecule has 1 aliphatic heterocycles. The highest BCUT2D eigenvalue weighted by Gasteiger charge is 2.14. The number of carbonyl (C=O) groups is 1. The largest absolute Gasteiger partial charge is 0.324 e. The van der Waals surface area contributed by atoms with Crippen molar-refractivity contribution in [1.82, 2.24) is 10.2 Å². The Morgan fingerprint density at radius 3 is 2.83 bits per heavy atom. The lowest BCUT2D eigenvalue weighted by molar-refractivity contribution is -0.117. The van der Waals surface area contributed by atoms with Crippen LogP contribution in [0, 0.1) is 0 Å². The van der Waals surface area contributed by atoms with Crippen molar-refractivity contribution < 1.29 is 4.79 Å². The average molecular weight is 333 g/mol. The Kier molecular flexibility index (Phi) is 5.00. The molecule has 4 nitrogen and oxygen atoms in total. The second-order valence-electron chi connectivity index (χ2n) is 4.20. The van der Waals surface area contributed by atoms with Gasteiger partial charge in [0.1, 0.15) is 0 Å². The van der Waals surface area contributed by atoms with Gasteiger partial charge in [-0.25, -0.2) is 0 Å². The quantitative estimate of drug-likeness (QED) is 0.889. The van der Waals surface area contributed by atoms with Crippen LogP contribution in [-0.2, 0) is 4.79 Å². The van der Waals surface area contributed by atoms with Crippen molar-refractivity contribution in [2.45, 2.75) is 0 Å². The number of benzene rings is 1. The summed E-state index contributed by atoms with van der Waals surface area (Å²) in [6, 6.07) is 5.41. The number of rotatable bonds is 3. The normalized spacial score (nSPS) is 16.6. The molecule has 2 rings (SSSR count). The third-order valence-corrected chi connectivity index (χ3v) is 3.59. The highest BCUT2D eigenvalue weighted by Crippen LogP contribution is 2.25. The zero-order valence-corrected chi connectivity index (χ0v) is 12.2. The minimum atomic E-state index is -0.0267. The first kappa shape index (κ1) is 13.8. The van der Waals surface area contributed by atoms with Gasteiger partial charge in [-0.3, -0.25) is 9.69 Å². The van der Waals surface area contributed by atoms with Gasteiger partial charge in [-0.05, 0) is 18.2 Å². The minimum absolute atomic E-state index is 0.0267. The molecule has 0 aliphatic carbocycles. The molecule has 18 heavy (non-hydrogen) atoms. The van der Waals surface area contributed by atoms with E-state index >= 15 is 0 Å². The van der Waals surface area contributed by atoms with Crippen LogP contribution in [0.25, 0.3) is 0 Å². The molecular weight excluding hydrogens is 318 g/mol. The van der Waals surface area contributed by atoms with Crippen molar-refractivity contribution in [3.05, 3.63) is 27.7 Å². The number of hydrogen-bond donors (Lipinski definition) is 2. The van der Waals surface area contributed by atoms with E-state index in [4.69, 9.17) is 11.6 Å². The highest BCUT2D eigenvalue weighted by molar-refractivity contribution is 9.10. The van der Waals surface area contributed by atoms with E-state index in [0.29, 0.717) is 17.3 Å². The first-order valence-electron chi connectivity index (χ1n) is 5.83. The summed E-state index contributed by atoms with van der Waals surface area (Å²) in [5.74, 6) is -0.0267. The third kappa shape index (κ3) is 3.95. The Bertz CT molecular complexity index is 435. The molecule has 0 aromatic heterocycles. The zero-order valence-electron chi connectivity index (χ0n) is 9.88. The predicted octanol–water partition coefficient (Wildman–Crippen LogP) is 1.95. The molecule has 1 saturated heterocycles. The van der Waals surface area contributed by atoms with Gasteiger partial charge in [-0.15, -0.1) is 0 Å². The van der Waals surface area contributed by atoms with Gasteiger partial charge < -0.3 is 10.6 Å². The summed E-state index contributed by atoms with van der Waals surface area (Å²) in [6.45, 7) is 4.09. The Labute approximate surface area is 120 Å². The molecular formula is C12H15BrClN3O. The molecule has 0 atom stereocenters. The number of carbonyl (C=O) groups excluding carboxylic acids is 1. The van der Waals surface area contributed by atoms with Gasteiger partial charge in [0.15, 0.2) is 0 Å². The van der Waals surface area contributed by atoms with E-state index in [2.05, 4.69) is 31.5 Å². The van der Waals surface area contributed by atoms with Crippen LogP contribution in [0.5, 0.6) is 0 Å². The zero-order chi connectivity index (χ0) is 13.0. The molecule has 1 heterocycles. The van der Waals surface area contributed by atoms with Crippen molar-refractivity contribution in [1.29, 1.82) is 0 Å². The molecule has 1 amide bonds. The topological polar surface area (TPSA) is 44.4 Å². The third-order valence-electron chi connectivity index (χ3n) is 2.78. The summed E-state index contributed by atoms with van der Waals surface area (Å²) in [5, 5.41) is 6.62. The average Bonchev–Trinajstić information content (AvgIpc) is 2.34. The van der Waals surface area contributed by atoms with Crippen molar-refractivity contribution in [3.8, 4) is 0 Å². The molecule has 6 heteroatoms. The molecule has 0 bridgehead atoms. The smallest absolute Gasteiger partial charge is 0.238 e. The molecule has 1 aromatic carbocycles. The molecule has 0 radical (unpaired) electrons. The lowest BCUT2D eigenvalue weighted by atomic mass is 10.3. The van der Waals surface area contributed by atoms with Crippen LogP contribution >= 0.6 is 27.5 Å². The van der Waals surface area contributed by atoms with Gasteiger partial charge in [-0.2, -0.15) is 0 Å². The van der Waals surface area contributed by atoms with Crippen LogP contribution in [0.2, 0.25) is 5.02 Å². The molecule has 1 fully saturated rings. The number of piperazine rings is 1. The maximum absolute atomic E-state index is 11.9. The van der Waals surface area contributed by atoms with Crippen LogP contribution in [-0.4, -0.2) is 43.5 Å². The monoisotopic (exact) mass is 331 g/mol. The Morgan fingerprint density at radius 2 is 2.17 bits per heavy atom. The summed E-state index contributed by atoms with van der Waals surface area (Å²) in [4.78, 5) is 14.0. The van der Waals surface area contributed by atoms with E-state index in [9.17, 15) is 4.79 Å². The second kappa shape index (κ2) is 6.52. The molecule has 0 spiro atoms. The lowest BCUT2D eigenvalue weighted by Crippen LogP contribution is -2.46. The summed E-state index contributed by atoms with van der Waals surface area (Å²) in [5.41, 5.74) is 0.653. The van der Waals surface area contributed by atoms with E-state index in [1.54, 1.807) is 12.1 Å². The fourth-order valence-corrected chi connectivity index (χ4v) is 2.57. The van der Waals surface area contributed by atoms with Gasteiger partial charge in [0, 0.05) is 30.7 Å². The van der Waals surface area contributed by atoms with Gasteiger partial charge in [0.25, 0.3) is 0 Å². The number of hydrogen-bond acceptors (Lipinski definition) is 3. The van der Waals surface area contributed by atoms with Crippen LogP contribution in [0.1, 0.15) is 0 Å². The number of nitrogens with zero attached hydrogens (tertiary/aromatic N) is 1. The summed E-state index contributed by atoms with van der Waals surface area (Å²) >= 11 is 9.38. The van der Waals surface area contributed by atoms with Crippen LogP contribution in [0.15, 0.2) is 22.7 Å². The maximum Gasteiger partial charge on any atom is 0.238 e. The van der Waals surface area contributed by atoms with Gasteiger partial charge in [0.05, 0.1) is 17.3 Å². The molecule has 2 N–H and O–H groups in total. The maximum atomic E-state index is 11.9. The van der Waals surface area contributed by atoms with E-state index in [1.165, 1.54) is 0 Å². The van der Waals surface area contributed by atoms with Crippen LogP contribution in [0.4, 0.5) is 5.69 Å². The van der Waals surface area contributed by atoms with E-state index < -0.39 is 0 Å². The highest BCUT2D eigenvalue weighted by atomic mass is 79.9. The molecule has 98 valence electrons. The second-order valence-corrected chi connectivity index (χ2v) is 5.52. The summed E-state index contributed by atoms with van der Waals surface area (Å²) < 4.78 is 0.896. The Balaban J connectivity index is 1.90. The first-order valence-corrected chi connectivity index (χ1v) is 7.00. The van der Waals surface area contributed by atoms with E-state index in [-0.39, 0.29) is 5.91 Å². The Morgan fingerprint density at radius 1 is 1.44 bits per heavy atom. The van der Waals surface area contributed by atoms with Gasteiger partial charge >= 0.3 is 0 Å². The van der Waals surface area contributed by atoms with E-state index in [1.807, 2.05) is 6.07 Å². The standard InChI is InChI=1S/C12H15BrClN3O/c13-9-1-2-11(10(14)7-9)16-12(18)8-17-5-3-15-4-6-17/h1-2,7,15H,3-6,8H2,(H,16,18). The summed E-state index contributed by atoms with van der Waals surface area (Å²) in [6.07, 6.45) is 0. The summed E-state index contributed by atoms with van der Waals surface area (Å²) in [7, 11) is 0. The molecule has 0 saturated carbocycles. The minimum Gasteiger partial charge on any atom is -0.324 e. The molecule has 1 aliphatic rings. The van der Waals surface area contributed by atoms with E-state index in [0.717, 1.165) is 30.7 Å². The van der Waals surface area contributed by atoms with Crippen molar-refractivity contribution in [3.63, 3.8) is 0 Å². The van der Waals surface area contributed by atoms with Crippen molar-refractivity contribution in [2.24, 2.45) is 0 Å². The van der Waals surface area contributed by atoms with Gasteiger partial charge in [0.2, 0.25) is 5.91 Å². The van der Waals surface area contributed by atoms with Crippen LogP contribution < -0.4 is 10.6 Å². The number of anilines is 1. The fourth-order valence-electron chi connectivity index (χ4n) is 1.85. The molecule has 1 aromatic rings. The number of halogens is 2. The first-order chi connectivity index (χ1) is 8.65. The van der Waals surface area contributed by atoms with Crippen molar-refractivity contribution in [2.75, 3.05) is 38.0 Å². The van der Waals surface area contributed by atoms with Crippen molar-refractivity contribution >= 4 is 39.1 Å². The van der Waals surface area contributed by atoms with Crippen LogP contribution in [0.3, 0.4) is 0 Å². The number of nitrogens with one attached hydrogen (secondary N) is 2. The fraction of sp³-hybridized carbons (Fsp3) is 0.417.